The summed E-state index contributed by atoms with van der Waals surface area (Å²) in [5, 5.41) is 0. The van der Waals surface area contributed by atoms with Crippen molar-refractivity contribution in [2.75, 3.05) is 11.4 Å². The highest BCUT2D eigenvalue weighted by Crippen LogP contribution is 2.15. The van der Waals surface area contributed by atoms with Gasteiger partial charge in [0.25, 0.3) is 0 Å². The summed E-state index contributed by atoms with van der Waals surface area (Å²) in [5.41, 5.74) is 1.80. The van der Waals surface area contributed by atoms with Gasteiger partial charge < -0.3 is 0 Å². The average molecular weight is 199 g/mol. The molecule has 0 aliphatic carbocycles. The molecule has 0 spiro atoms. The molecule has 3 nitrogen and oxygen atoms in total. The summed E-state index contributed by atoms with van der Waals surface area (Å²) in [6, 6.07) is 7.35. The van der Waals surface area contributed by atoms with Crippen LogP contribution in [-0.4, -0.2) is 21.7 Å². The van der Waals surface area contributed by atoms with Crippen molar-refractivity contribution in [3.05, 3.63) is 29.8 Å². The van der Waals surface area contributed by atoms with Crippen molar-refractivity contribution in [3.8, 4) is 0 Å². The molecule has 1 atom stereocenters. The molecule has 0 amide bonds. The summed E-state index contributed by atoms with van der Waals surface area (Å²) in [5.74, 6) is 3.18. The van der Waals surface area contributed by atoms with Crippen LogP contribution in [0.2, 0.25) is 0 Å². The first-order valence-electron chi connectivity index (χ1n) is 3.81. The molecule has 0 aliphatic heterocycles. The summed E-state index contributed by atoms with van der Waals surface area (Å²) in [7, 11) is -1.59. The summed E-state index contributed by atoms with van der Waals surface area (Å²) in [6.45, 7) is 1.96. The molecule has 72 valence electrons. The van der Waals surface area contributed by atoms with Gasteiger partial charge in [0.2, 0.25) is 0 Å². The standard InChI is InChI=1S/C9H13NO2S/c1-8-4-6-9(7-5-8)10(2)13(3,11)12/h4-7H,3H2,1-2H3,(H,11,12). The van der Waals surface area contributed by atoms with Gasteiger partial charge in [-0.3, -0.25) is 8.86 Å². The minimum Gasteiger partial charge on any atom is -0.299 e. The largest absolute Gasteiger partial charge is 0.299 e. The number of anilines is 1. The van der Waals surface area contributed by atoms with E-state index in [1.165, 1.54) is 4.31 Å². The molecule has 0 saturated carbocycles. The Kier molecular flexibility index (Phi) is 2.63. The Hall–Kier alpha value is -1.00. The first kappa shape index (κ1) is 10.1. The summed E-state index contributed by atoms with van der Waals surface area (Å²) < 4.78 is 21.6. The molecule has 1 N–H and O–H groups in total. The van der Waals surface area contributed by atoms with Crippen LogP contribution in [0.4, 0.5) is 5.69 Å². The fourth-order valence-corrected chi connectivity index (χ4v) is 1.37. The van der Waals surface area contributed by atoms with Gasteiger partial charge in [0.05, 0.1) is 5.69 Å². The van der Waals surface area contributed by atoms with Gasteiger partial charge in [0.15, 0.2) is 9.99 Å². The van der Waals surface area contributed by atoms with E-state index in [0.29, 0.717) is 5.69 Å². The number of nitrogens with zero attached hydrogens (tertiary/aromatic N) is 1. The lowest BCUT2D eigenvalue weighted by Gasteiger charge is -2.18. The van der Waals surface area contributed by atoms with E-state index in [1.54, 1.807) is 19.2 Å². The molecule has 0 radical (unpaired) electrons. The molecule has 0 saturated heterocycles. The van der Waals surface area contributed by atoms with Gasteiger partial charge in [0.1, 0.15) is 0 Å². The summed E-state index contributed by atoms with van der Waals surface area (Å²) in [4.78, 5) is 0. The van der Waals surface area contributed by atoms with Gasteiger partial charge in [0, 0.05) is 7.05 Å². The fourth-order valence-electron chi connectivity index (χ4n) is 0.919. The van der Waals surface area contributed by atoms with Gasteiger partial charge in [-0.05, 0) is 24.9 Å². The zero-order valence-corrected chi connectivity index (χ0v) is 8.54. The number of hydrogen-bond donors (Lipinski definition) is 1. The van der Waals surface area contributed by atoms with E-state index >= 15 is 0 Å². The molecule has 0 bridgehead atoms. The minimum absolute atomic E-state index is 0.688. The second-order valence-corrected chi connectivity index (χ2v) is 4.70. The molecule has 0 aromatic heterocycles. The Bertz CT molecular complexity index is 381. The molecular formula is C9H13NO2S. The molecule has 1 aromatic carbocycles. The third-order valence-electron chi connectivity index (χ3n) is 1.83. The Morgan fingerprint density at radius 3 is 2.23 bits per heavy atom. The van der Waals surface area contributed by atoms with Gasteiger partial charge in [-0.15, -0.1) is 0 Å². The normalized spacial score (nSPS) is 15.0. The summed E-state index contributed by atoms with van der Waals surface area (Å²) in [6.07, 6.45) is 0. The van der Waals surface area contributed by atoms with Crippen LogP contribution in [0, 0.1) is 6.92 Å². The number of benzene rings is 1. The molecule has 1 rings (SSSR count). The first-order valence-corrected chi connectivity index (χ1v) is 5.45. The molecule has 0 heterocycles. The zero-order valence-electron chi connectivity index (χ0n) is 7.73. The summed E-state index contributed by atoms with van der Waals surface area (Å²) >= 11 is 0. The third kappa shape index (κ3) is 2.47. The van der Waals surface area contributed by atoms with Crippen LogP contribution in [0.15, 0.2) is 24.3 Å². The van der Waals surface area contributed by atoms with Crippen LogP contribution in [0.5, 0.6) is 0 Å². The monoisotopic (exact) mass is 199 g/mol. The number of hydrogen-bond acceptors (Lipinski definition) is 1. The lowest BCUT2D eigenvalue weighted by molar-refractivity contribution is 0.558. The van der Waals surface area contributed by atoms with Crippen molar-refractivity contribution in [3.63, 3.8) is 0 Å². The lowest BCUT2D eigenvalue weighted by Crippen LogP contribution is -2.24. The van der Waals surface area contributed by atoms with Crippen molar-refractivity contribution < 1.29 is 8.76 Å². The number of rotatable bonds is 2. The molecule has 13 heavy (non-hydrogen) atoms. The Balaban J connectivity index is 3.04. The van der Waals surface area contributed by atoms with Crippen LogP contribution in [0.1, 0.15) is 5.56 Å². The van der Waals surface area contributed by atoms with Crippen LogP contribution >= 0.6 is 0 Å². The Morgan fingerprint density at radius 1 is 1.38 bits per heavy atom. The van der Waals surface area contributed by atoms with Crippen molar-refractivity contribution in [1.29, 1.82) is 0 Å². The van der Waals surface area contributed by atoms with E-state index < -0.39 is 9.99 Å². The van der Waals surface area contributed by atoms with E-state index in [0.717, 1.165) is 5.56 Å². The highest BCUT2D eigenvalue weighted by atomic mass is 32.2. The molecular weight excluding hydrogens is 186 g/mol. The smallest absolute Gasteiger partial charge is 0.162 e. The van der Waals surface area contributed by atoms with E-state index in [-0.39, 0.29) is 0 Å². The van der Waals surface area contributed by atoms with Gasteiger partial charge >= 0.3 is 0 Å². The molecule has 1 unspecified atom stereocenters. The van der Waals surface area contributed by atoms with Crippen LogP contribution in [0.3, 0.4) is 0 Å². The van der Waals surface area contributed by atoms with Crippen molar-refractivity contribution in [2.45, 2.75) is 6.92 Å². The van der Waals surface area contributed by atoms with Gasteiger partial charge in [-0.25, -0.2) is 4.21 Å². The zero-order chi connectivity index (χ0) is 10.1. The van der Waals surface area contributed by atoms with E-state index in [1.807, 2.05) is 19.1 Å². The molecule has 1 aromatic rings. The van der Waals surface area contributed by atoms with Crippen molar-refractivity contribution in [1.82, 2.24) is 0 Å². The predicted molar refractivity (Wildman–Crippen MR) is 57.5 cm³/mol. The average Bonchev–Trinajstić information content (AvgIpc) is 2.03. The molecule has 4 heteroatoms. The number of aryl methyl sites for hydroxylation is 1. The quantitative estimate of drug-likeness (QED) is 0.734. The highest BCUT2D eigenvalue weighted by Gasteiger charge is 2.06. The van der Waals surface area contributed by atoms with E-state index in [2.05, 4.69) is 5.87 Å². The van der Waals surface area contributed by atoms with Crippen LogP contribution < -0.4 is 4.31 Å². The Morgan fingerprint density at radius 2 is 1.85 bits per heavy atom. The maximum absolute atomic E-state index is 11.1. The predicted octanol–water partition coefficient (Wildman–Crippen LogP) is 1.54. The molecule has 0 fully saturated rings. The lowest BCUT2D eigenvalue weighted by atomic mass is 10.2. The van der Waals surface area contributed by atoms with E-state index in [4.69, 9.17) is 4.55 Å². The topological polar surface area (TPSA) is 40.5 Å². The molecule has 0 aliphatic rings. The highest BCUT2D eigenvalue weighted by molar-refractivity contribution is 7.96. The Labute approximate surface area is 79.0 Å². The maximum atomic E-state index is 11.1. The van der Waals surface area contributed by atoms with E-state index in [9.17, 15) is 4.21 Å². The van der Waals surface area contributed by atoms with Crippen LogP contribution in [-0.2, 0) is 9.99 Å². The van der Waals surface area contributed by atoms with Crippen LogP contribution in [0.25, 0.3) is 0 Å². The SMILES string of the molecule is C=S(=O)(O)N(C)c1ccc(C)cc1. The second kappa shape index (κ2) is 3.40. The van der Waals surface area contributed by atoms with Crippen molar-refractivity contribution in [2.24, 2.45) is 0 Å². The minimum atomic E-state index is -3.14. The third-order valence-corrected chi connectivity index (χ3v) is 2.89. The van der Waals surface area contributed by atoms with Gasteiger partial charge in [-0.2, -0.15) is 0 Å². The fraction of sp³-hybridized carbons (Fsp3) is 0.222. The second-order valence-electron chi connectivity index (χ2n) is 2.94. The maximum Gasteiger partial charge on any atom is 0.162 e. The van der Waals surface area contributed by atoms with Gasteiger partial charge in [-0.1, -0.05) is 17.7 Å². The first-order chi connectivity index (χ1) is 5.91. The van der Waals surface area contributed by atoms with Crippen molar-refractivity contribution >= 4 is 21.5 Å².